The van der Waals surface area contributed by atoms with E-state index in [0.717, 1.165) is 23.7 Å². The summed E-state index contributed by atoms with van der Waals surface area (Å²) in [6, 6.07) is 0. The third-order valence-electron chi connectivity index (χ3n) is 8.16. The minimum atomic E-state index is -1.60. The van der Waals surface area contributed by atoms with Gasteiger partial charge in [0.2, 0.25) is 0 Å². The summed E-state index contributed by atoms with van der Waals surface area (Å²) in [5, 5.41) is 0. The molecule has 0 N–H and O–H groups in total. The molecular formula is C32H59LuSi4+2. The molecule has 0 amide bonds. The molecule has 0 saturated heterocycles. The standard InChI is InChI=1S/C25H40Si2.C7H19Si2.Lu/c1-18(2)24-14-9-19(3)15-25(24)20-10-11-22(16-20)27(7,8)23-13-12-21(17-23)26(4,5)6;1-8(2,3)7-9(4,5)6;/h10-13,16-19,24-25H,9,14-15H2,1-8H3;7H,1-6H3;/q;-1;+3/t19-,24+,25+;;/m1../s1. The number of rotatable bonds is 7. The van der Waals surface area contributed by atoms with E-state index in [9.17, 15) is 0 Å². The molecule has 3 atom stereocenters. The van der Waals surface area contributed by atoms with Gasteiger partial charge in [-0.15, -0.1) is 16.1 Å². The number of hydrogen-bond acceptors (Lipinski definition) is 0. The number of hydrogen-bond donors (Lipinski definition) is 0. The second kappa shape index (κ2) is 14.5. The van der Waals surface area contributed by atoms with Gasteiger partial charge in [-0.2, -0.15) is 0 Å². The molecule has 0 aromatic rings. The average Bonchev–Trinajstić information content (AvgIpc) is 3.35. The smallest absolute Gasteiger partial charge is 0.327 e. The topological polar surface area (TPSA) is 0 Å². The van der Waals surface area contributed by atoms with Crippen molar-refractivity contribution < 1.29 is 36.9 Å². The fraction of sp³-hybridized carbons (Fsp3) is 0.656. The molecule has 0 heterocycles. The van der Waals surface area contributed by atoms with Gasteiger partial charge < -0.3 is 5.67 Å². The quantitative estimate of drug-likeness (QED) is 0.181. The van der Waals surface area contributed by atoms with E-state index in [1.807, 2.05) is 0 Å². The van der Waals surface area contributed by atoms with E-state index < -0.39 is 32.3 Å². The Hall–Kier alpha value is 2.10. The summed E-state index contributed by atoms with van der Waals surface area (Å²) in [6.45, 7) is 34.2. The predicted octanol–water partition coefficient (Wildman–Crippen LogP) is 9.86. The van der Waals surface area contributed by atoms with Gasteiger partial charge >= 0.3 is 36.9 Å². The van der Waals surface area contributed by atoms with Crippen molar-refractivity contribution in [1.82, 2.24) is 0 Å². The first kappa shape index (κ1) is 37.1. The van der Waals surface area contributed by atoms with Crippen LogP contribution in [-0.4, -0.2) is 32.3 Å². The Morgan fingerprint density at radius 2 is 1.19 bits per heavy atom. The Bertz CT molecular complexity index is 658. The first-order chi connectivity index (χ1) is 16.2. The SMILES string of the molecule is CC(C)[C@@H]1CC[C@@H](C)C[C@H]1[C]1[CH][CH][C]([Si](C)(C)[C]2[CH][CH][C]([Si](C)(C)C)[CH]2)[CH]1.C[Si](C)(C)[CH-][Si](C)(C)C.[Lu+3]. The maximum atomic E-state index is 2.65. The van der Waals surface area contributed by atoms with Crippen LogP contribution in [0.25, 0.3) is 0 Å². The van der Waals surface area contributed by atoms with Crippen molar-refractivity contribution in [2.24, 2.45) is 23.7 Å². The second-order valence-electron chi connectivity index (χ2n) is 16.0. The molecule has 0 spiro atoms. The Morgan fingerprint density at radius 3 is 1.62 bits per heavy atom. The van der Waals surface area contributed by atoms with Crippen LogP contribution in [0, 0.1) is 127 Å². The van der Waals surface area contributed by atoms with Gasteiger partial charge in [0.25, 0.3) is 0 Å². The van der Waals surface area contributed by atoms with Gasteiger partial charge in [-0.3, -0.25) is 0 Å². The van der Waals surface area contributed by atoms with E-state index >= 15 is 0 Å². The Balaban J connectivity index is 0.000000589. The summed E-state index contributed by atoms with van der Waals surface area (Å²) in [4.78, 5) is 0. The van der Waals surface area contributed by atoms with Crippen LogP contribution in [0.5, 0.6) is 0 Å². The first-order valence-corrected chi connectivity index (χ1v) is 28.3. The normalized spacial score (nSPS) is 27.8. The summed E-state index contributed by atoms with van der Waals surface area (Å²) < 4.78 is 0. The van der Waals surface area contributed by atoms with E-state index in [1.54, 1.807) is 22.5 Å². The van der Waals surface area contributed by atoms with Gasteiger partial charge in [0.1, 0.15) is 0 Å². The molecule has 0 nitrogen and oxygen atoms in total. The minimum absolute atomic E-state index is 0. The summed E-state index contributed by atoms with van der Waals surface area (Å²) in [5.74, 6) is 4.93. The first-order valence-electron chi connectivity index (χ1n) is 14.6. The predicted molar refractivity (Wildman–Crippen MR) is 175 cm³/mol. The molecule has 3 rings (SSSR count). The van der Waals surface area contributed by atoms with E-state index in [-0.39, 0.29) is 36.9 Å². The Kier molecular flexibility index (Phi) is 14.6. The average molecular weight is 731 g/mol. The molecule has 5 heteroatoms. The van der Waals surface area contributed by atoms with Crippen LogP contribution in [0.15, 0.2) is 0 Å². The van der Waals surface area contributed by atoms with E-state index in [1.165, 1.54) is 19.3 Å². The molecule has 216 valence electrons. The molecule has 3 fully saturated rings. The Labute approximate surface area is 269 Å². The summed E-state index contributed by atoms with van der Waals surface area (Å²) >= 11 is 0. The van der Waals surface area contributed by atoms with Gasteiger partial charge in [0.15, 0.2) is 0 Å². The zero-order valence-corrected chi connectivity index (χ0v) is 32.4. The van der Waals surface area contributed by atoms with Crippen LogP contribution < -0.4 is 0 Å². The Morgan fingerprint density at radius 1 is 0.703 bits per heavy atom. The minimum Gasteiger partial charge on any atom is -0.327 e. The van der Waals surface area contributed by atoms with Crippen LogP contribution in [0.1, 0.15) is 40.0 Å². The van der Waals surface area contributed by atoms with Gasteiger partial charge in [0, 0.05) is 0 Å². The van der Waals surface area contributed by atoms with Crippen LogP contribution in [0.2, 0.25) is 72.0 Å². The van der Waals surface area contributed by atoms with Crippen molar-refractivity contribution >= 4 is 32.3 Å². The maximum absolute atomic E-state index is 2.65. The molecule has 0 bridgehead atoms. The zero-order valence-electron chi connectivity index (χ0n) is 26.7. The van der Waals surface area contributed by atoms with Crippen molar-refractivity contribution in [3.8, 4) is 0 Å². The van der Waals surface area contributed by atoms with Crippen molar-refractivity contribution in [2.45, 2.75) is 112 Å². The largest absolute Gasteiger partial charge is 3.00 e. The van der Waals surface area contributed by atoms with E-state index in [4.69, 9.17) is 0 Å². The molecule has 3 aliphatic carbocycles. The van der Waals surface area contributed by atoms with Crippen LogP contribution in [-0.2, 0) is 0 Å². The van der Waals surface area contributed by atoms with E-state index in [0.29, 0.717) is 0 Å². The molecule has 0 aromatic heterocycles. The fourth-order valence-corrected chi connectivity index (χ4v) is 20.5. The van der Waals surface area contributed by atoms with Gasteiger partial charge in [-0.1, -0.05) is 99.2 Å². The van der Waals surface area contributed by atoms with Crippen LogP contribution >= 0.6 is 0 Å². The van der Waals surface area contributed by atoms with Crippen molar-refractivity contribution in [1.29, 1.82) is 0 Å². The van der Waals surface area contributed by atoms with E-state index in [2.05, 4.69) is 137 Å². The third kappa shape index (κ3) is 11.7. The molecule has 3 aliphatic rings. The maximum Gasteiger partial charge on any atom is 3.00 e. The molecule has 0 aliphatic heterocycles. The summed E-state index contributed by atoms with van der Waals surface area (Å²) in [7, 11) is -4.53. The zero-order chi connectivity index (χ0) is 27.7. The van der Waals surface area contributed by atoms with Crippen molar-refractivity contribution in [3.63, 3.8) is 0 Å². The van der Waals surface area contributed by atoms with Crippen molar-refractivity contribution in [2.75, 3.05) is 0 Å². The fourth-order valence-electron chi connectivity index (χ4n) is 6.43. The van der Waals surface area contributed by atoms with Crippen LogP contribution in [0.3, 0.4) is 0 Å². The molecule has 0 unspecified atom stereocenters. The van der Waals surface area contributed by atoms with Gasteiger partial charge in [-0.25, -0.2) is 0 Å². The second-order valence-corrected chi connectivity index (χ2v) is 36.1. The van der Waals surface area contributed by atoms with Gasteiger partial charge in [-0.05, 0) is 97.6 Å². The molecule has 0 aromatic carbocycles. The van der Waals surface area contributed by atoms with Crippen molar-refractivity contribution in [3.05, 3.63) is 66.7 Å². The molecule has 3 saturated carbocycles. The molecule has 37 heavy (non-hydrogen) atoms. The molecular weight excluding hydrogens is 672 g/mol. The van der Waals surface area contributed by atoms with Gasteiger partial charge in [0.05, 0.1) is 16.1 Å². The molecule has 10 radical (unpaired) electrons. The summed E-state index contributed by atoms with van der Waals surface area (Å²) in [6.07, 6.45) is 19.2. The monoisotopic (exact) mass is 730 g/mol. The summed E-state index contributed by atoms with van der Waals surface area (Å²) in [5.41, 5.74) is 7.52. The van der Waals surface area contributed by atoms with Crippen LogP contribution in [0.4, 0.5) is 0 Å². The third-order valence-corrected chi connectivity index (χ3v) is 20.6.